The van der Waals surface area contributed by atoms with Crippen molar-refractivity contribution < 1.29 is 28.6 Å². The fourth-order valence-electron chi connectivity index (χ4n) is 3.66. The number of methoxy groups -OCH3 is 3. The highest BCUT2D eigenvalue weighted by Crippen LogP contribution is 2.34. The van der Waals surface area contributed by atoms with Crippen LogP contribution in [0.3, 0.4) is 0 Å². The lowest BCUT2D eigenvalue weighted by molar-refractivity contribution is -0.123. The van der Waals surface area contributed by atoms with Crippen molar-refractivity contribution in [2.24, 2.45) is 10.3 Å². The maximum Gasteiger partial charge on any atom is 0.337 e. The molecule has 160 valence electrons. The zero-order chi connectivity index (χ0) is 22.1. The van der Waals surface area contributed by atoms with Crippen LogP contribution >= 0.6 is 0 Å². The van der Waals surface area contributed by atoms with Gasteiger partial charge in [-0.2, -0.15) is 5.11 Å². The van der Waals surface area contributed by atoms with Gasteiger partial charge >= 0.3 is 5.97 Å². The monoisotopic (exact) mass is 424 g/mol. The third kappa shape index (κ3) is 3.45. The van der Waals surface area contributed by atoms with E-state index >= 15 is 0 Å². The van der Waals surface area contributed by atoms with Crippen molar-refractivity contribution in [2.45, 2.75) is 18.6 Å². The first-order chi connectivity index (χ1) is 15.0. The van der Waals surface area contributed by atoms with E-state index in [1.54, 1.807) is 42.5 Å². The van der Waals surface area contributed by atoms with Gasteiger partial charge in [0.1, 0.15) is 11.5 Å². The quantitative estimate of drug-likeness (QED) is 0.515. The Morgan fingerprint density at radius 1 is 1.00 bits per heavy atom. The van der Waals surface area contributed by atoms with Crippen LogP contribution in [0, 0.1) is 0 Å². The second-order valence-corrected chi connectivity index (χ2v) is 6.92. The molecule has 1 fully saturated rings. The fourth-order valence-corrected chi connectivity index (χ4v) is 3.66. The Morgan fingerprint density at radius 3 is 2.39 bits per heavy atom. The molecular formula is C21H20N4O6. The molecule has 0 N–H and O–H groups in total. The predicted octanol–water partition coefficient (Wildman–Crippen LogP) is 1.98. The van der Waals surface area contributed by atoms with Crippen molar-refractivity contribution in [3.63, 3.8) is 0 Å². The van der Waals surface area contributed by atoms with Gasteiger partial charge in [0.2, 0.25) is 0 Å². The molecule has 0 saturated carbocycles. The van der Waals surface area contributed by atoms with Gasteiger partial charge in [0.05, 0.1) is 39.1 Å². The highest BCUT2D eigenvalue weighted by molar-refractivity contribution is 6.25. The average Bonchev–Trinajstić information content (AvgIpc) is 3.32. The summed E-state index contributed by atoms with van der Waals surface area (Å²) in [4.78, 5) is 39.0. The van der Waals surface area contributed by atoms with Crippen molar-refractivity contribution in [1.82, 2.24) is 5.01 Å². The van der Waals surface area contributed by atoms with Crippen LogP contribution in [0.2, 0.25) is 0 Å². The Bertz CT molecular complexity index is 1070. The topological polar surface area (TPSA) is 110 Å². The molecule has 10 heteroatoms. The molecule has 2 aromatic carbocycles. The molecule has 0 spiro atoms. The van der Waals surface area contributed by atoms with Gasteiger partial charge in [-0.05, 0) is 42.5 Å². The number of rotatable bonds is 6. The van der Waals surface area contributed by atoms with Crippen LogP contribution in [0.25, 0.3) is 0 Å². The van der Waals surface area contributed by atoms with Crippen molar-refractivity contribution in [1.29, 1.82) is 0 Å². The third-order valence-electron chi connectivity index (χ3n) is 5.22. The lowest BCUT2D eigenvalue weighted by Gasteiger charge is -2.22. The van der Waals surface area contributed by atoms with Gasteiger partial charge in [-0.1, -0.05) is 5.22 Å². The second-order valence-electron chi connectivity index (χ2n) is 6.92. The Balaban J connectivity index is 1.60. The molecule has 10 nitrogen and oxygen atoms in total. The van der Waals surface area contributed by atoms with Crippen LogP contribution in [0.15, 0.2) is 52.8 Å². The van der Waals surface area contributed by atoms with E-state index in [9.17, 15) is 14.4 Å². The number of esters is 1. The number of carbonyl (C=O) groups excluding carboxylic acids is 3. The zero-order valence-electron chi connectivity index (χ0n) is 17.1. The van der Waals surface area contributed by atoms with Crippen LogP contribution < -0.4 is 14.4 Å². The largest absolute Gasteiger partial charge is 0.497 e. The summed E-state index contributed by atoms with van der Waals surface area (Å²) in [7, 11) is 4.33. The van der Waals surface area contributed by atoms with Gasteiger partial charge < -0.3 is 14.2 Å². The summed E-state index contributed by atoms with van der Waals surface area (Å²) < 4.78 is 15.3. The van der Waals surface area contributed by atoms with Gasteiger partial charge in [0.25, 0.3) is 11.8 Å². The van der Waals surface area contributed by atoms with Crippen molar-refractivity contribution >= 4 is 23.5 Å². The molecule has 2 aromatic rings. The molecule has 2 atom stereocenters. The van der Waals surface area contributed by atoms with Crippen LogP contribution in [-0.4, -0.2) is 56.2 Å². The number of imide groups is 1. The number of ether oxygens (including phenoxy) is 3. The fraction of sp³-hybridized carbons (Fsp3) is 0.286. The summed E-state index contributed by atoms with van der Waals surface area (Å²) in [6.07, 6.45) is 0. The molecule has 2 heterocycles. The van der Waals surface area contributed by atoms with Crippen LogP contribution in [0.5, 0.6) is 11.5 Å². The molecule has 0 bridgehead atoms. The first-order valence-electron chi connectivity index (χ1n) is 9.43. The summed E-state index contributed by atoms with van der Waals surface area (Å²) in [5.74, 6) is -0.241. The van der Waals surface area contributed by atoms with E-state index in [0.717, 1.165) is 4.90 Å². The van der Waals surface area contributed by atoms with E-state index in [1.807, 2.05) is 0 Å². The van der Waals surface area contributed by atoms with E-state index in [-0.39, 0.29) is 6.54 Å². The maximum absolute atomic E-state index is 13.1. The lowest BCUT2D eigenvalue weighted by Crippen LogP contribution is -2.39. The predicted molar refractivity (Wildman–Crippen MR) is 108 cm³/mol. The molecule has 31 heavy (non-hydrogen) atoms. The van der Waals surface area contributed by atoms with Gasteiger partial charge in [-0.15, -0.1) is 0 Å². The minimum atomic E-state index is -0.926. The van der Waals surface area contributed by atoms with E-state index in [4.69, 9.17) is 14.2 Å². The normalized spacial score (nSPS) is 19.6. The van der Waals surface area contributed by atoms with E-state index < -0.39 is 29.9 Å². The summed E-state index contributed by atoms with van der Waals surface area (Å²) in [5, 5.41) is 9.51. The van der Waals surface area contributed by atoms with Crippen molar-refractivity contribution in [2.75, 3.05) is 26.2 Å². The zero-order valence-corrected chi connectivity index (χ0v) is 17.1. The number of amides is 2. The molecule has 4 rings (SSSR count). The van der Waals surface area contributed by atoms with Crippen LogP contribution in [-0.2, 0) is 20.9 Å². The highest BCUT2D eigenvalue weighted by Gasteiger charge is 2.54. The number of benzene rings is 2. The number of hydrogen-bond acceptors (Lipinski definition) is 9. The summed E-state index contributed by atoms with van der Waals surface area (Å²) >= 11 is 0. The number of nitrogens with zero attached hydrogens (tertiary/aromatic N) is 4. The Morgan fingerprint density at radius 2 is 1.74 bits per heavy atom. The minimum Gasteiger partial charge on any atom is -0.497 e. The Labute approximate surface area is 178 Å². The molecule has 2 amide bonds. The molecule has 0 aliphatic carbocycles. The maximum atomic E-state index is 13.1. The molecule has 2 unspecified atom stereocenters. The van der Waals surface area contributed by atoms with E-state index in [2.05, 4.69) is 10.3 Å². The summed E-state index contributed by atoms with van der Waals surface area (Å²) in [6, 6.07) is 9.65. The summed E-state index contributed by atoms with van der Waals surface area (Å²) in [5.41, 5.74) is 1.37. The third-order valence-corrected chi connectivity index (χ3v) is 5.22. The van der Waals surface area contributed by atoms with Gasteiger partial charge in [-0.3, -0.25) is 14.6 Å². The van der Waals surface area contributed by atoms with Gasteiger partial charge in [0, 0.05) is 5.56 Å². The minimum absolute atomic E-state index is 0.119. The van der Waals surface area contributed by atoms with Crippen molar-refractivity contribution in [3.8, 4) is 11.5 Å². The van der Waals surface area contributed by atoms with Crippen LogP contribution in [0.1, 0.15) is 15.9 Å². The number of carbonyl (C=O) groups is 3. The average molecular weight is 424 g/mol. The molecular weight excluding hydrogens is 404 g/mol. The molecule has 1 saturated heterocycles. The smallest absolute Gasteiger partial charge is 0.337 e. The number of anilines is 1. The van der Waals surface area contributed by atoms with Gasteiger partial charge in [-0.25, -0.2) is 9.69 Å². The molecule has 0 radical (unpaired) electrons. The number of hydrogen-bond donors (Lipinski definition) is 0. The Kier molecular flexibility index (Phi) is 5.28. The van der Waals surface area contributed by atoms with E-state index in [1.165, 1.54) is 26.3 Å². The molecule has 2 aliphatic rings. The second kappa shape index (κ2) is 8.05. The number of fused-ring (bicyclic) bond motifs is 1. The Hall–Kier alpha value is -3.95. The molecule has 0 aromatic heterocycles. The SMILES string of the molecule is COC(=O)c1ccc(OC)c(CN2N=NC3C(=O)N(c4ccc(OC)cc4)C(=O)C32)c1. The lowest BCUT2D eigenvalue weighted by atomic mass is 10.1. The summed E-state index contributed by atoms with van der Waals surface area (Å²) in [6.45, 7) is 0.119. The van der Waals surface area contributed by atoms with E-state index in [0.29, 0.717) is 28.3 Å². The highest BCUT2D eigenvalue weighted by atomic mass is 16.5. The van der Waals surface area contributed by atoms with Gasteiger partial charge in [0.15, 0.2) is 12.1 Å². The molecule has 2 aliphatic heterocycles. The first-order valence-corrected chi connectivity index (χ1v) is 9.43. The first kappa shape index (κ1) is 20.3. The van der Waals surface area contributed by atoms with Crippen LogP contribution in [0.4, 0.5) is 5.69 Å². The van der Waals surface area contributed by atoms with Crippen molar-refractivity contribution in [3.05, 3.63) is 53.6 Å². The standard InChI is InChI=1S/C21H20N4O6/c1-29-15-7-5-14(6-8-15)25-19(26)17-18(20(25)27)24(23-22-17)11-13-10-12(21(28)31-3)4-9-16(13)30-2/h4-10,17-18H,11H2,1-3H3.